The first-order chi connectivity index (χ1) is 13.5. The minimum atomic E-state index is -2.88. The van der Waals surface area contributed by atoms with Crippen LogP contribution in [0.1, 0.15) is 44.5 Å². The molecule has 1 saturated heterocycles. The van der Waals surface area contributed by atoms with Crippen molar-refractivity contribution in [1.29, 1.82) is 0 Å². The summed E-state index contributed by atoms with van der Waals surface area (Å²) in [6, 6.07) is -3.61. The van der Waals surface area contributed by atoms with Gasteiger partial charge in [0.1, 0.15) is 11.6 Å². The van der Waals surface area contributed by atoms with Crippen LogP contribution in [0.2, 0.25) is 0 Å². The van der Waals surface area contributed by atoms with Crippen molar-refractivity contribution in [2.24, 2.45) is 0 Å². The van der Waals surface area contributed by atoms with Gasteiger partial charge < -0.3 is 13.9 Å². The van der Waals surface area contributed by atoms with Crippen LogP contribution < -0.4 is 5.59 Å². The van der Waals surface area contributed by atoms with E-state index in [0.29, 0.717) is 4.57 Å². The van der Waals surface area contributed by atoms with E-state index in [-0.39, 0.29) is 5.59 Å². The third kappa shape index (κ3) is 2.46. The van der Waals surface area contributed by atoms with E-state index in [0.717, 1.165) is 0 Å². The third-order valence-corrected chi connectivity index (χ3v) is 3.95. The molecular formula is C16H20BFN2O2. The number of rotatable bonds is 2. The number of hydrogen-bond acceptors (Lipinski definition) is 3. The molecule has 4 nitrogen and oxygen atoms in total. The molecule has 0 unspecified atom stereocenters. The monoisotopic (exact) mass is 310 g/mol. The van der Waals surface area contributed by atoms with Crippen molar-refractivity contribution in [3.63, 3.8) is 0 Å². The van der Waals surface area contributed by atoms with Crippen molar-refractivity contribution in [3.8, 4) is 5.69 Å². The first-order valence-corrected chi connectivity index (χ1v) is 6.73. The number of nitrogens with zero attached hydrogens (tertiary/aromatic N) is 2. The predicted octanol–water partition coefficient (Wildman–Crippen LogP) is 2.62. The van der Waals surface area contributed by atoms with Gasteiger partial charge in [0.2, 0.25) is 0 Å². The van der Waals surface area contributed by atoms with Crippen LogP contribution in [0.15, 0.2) is 30.3 Å². The van der Waals surface area contributed by atoms with Crippen LogP contribution in [-0.2, 0) is 9.31 Å². The summed E-state index contributed by atoms with van der Waals surface area (Å²) in [5, 5.41) is 0. The fourth-order valence-corrected chi connectivity index (χ4v) is 1.98. The van der Waals surface area contributed by atoms with Crippen molar-refractivity contribution in [2.45, 2.75) is 45.7 Å². The molecule has 22 heavy (non-hydrogen) atoms. The number of hydrogen-bond donors (Lipinski definition) is 0. The Hall–Kier alpha value is -1.66. The van der Waals surface area contributed by atoms with Crippen LogP contribution in [0.5, 0.6) is 0 Å². The van der Waals surface area contributed by atoms with Crippen LogP contribution in [-0.4, -0.2) is 27.9 Å². The molecule has 1 aromatic heterocycles. The fourth-order valence-electron chi connectivity index (χ4n) is 1.98. The summed E-state index contributed by atoms with van der Waals surface area (Å²) in [6.45, 7) is 4.18. The molecule has 1 aliphatic heterocycles. The standard InChI is InChI=1S/C16H20BFN2O2/c1-11-19-14(17-21-15(2,3)16(4,5)22-17)10-20(11)13-8-6-12(18)7-9-13/h6-10H,1-5H3/i1D3,6D,7D,8D,9D,10D. The van der Waals surface area contributed by atoms with Gasteiger partial charge in [-0.15, -0.1) is 0 Å². The molecule has 0 amide bonds. The van der Waals surface area contributed by atoms with E-state index in [4.69, 9.17) is 20.3 Å². The zero-order valence-electron chi connectivity index (χ0n) is 20.7. The number of aromatic nitrogens is 2. The predicted molar refractivity (Wildman–Crippen MR) is 84.0 cm³/mol. The molecule has 116 valence electrons. The Morgan fingerprint density at radius 1 is 1.18 bits per heavy atom. The highest BCUT2D eigenvalue weighted by atomic mass is 19.1. The summed E-state index contributed by atoms with van der Waals surface area (Å²) in [5.74, 6) is -2.05. The molecule has 1 aromatic carbocycles. The maximum absolute atomic E-state index is 14.0. The lowest BCUT2D eigenvalue weighted by Gasteiger charge is -2.32. The van der Waals surface area contributed by atoms with Crippen LogP contribution in [0.4, 0.5) is 4.39 Å². The Kier molecular flexibility index (Phi) is 1.85. The Balaban J connectivity index is 2.31. The highest BCUT2D eigenvalue weighted by molar-refractivity contribution is 6.61. The van der Waals surface area contributed by atoms with Gasteiger partial charge in [0.15, 0.2) is 0 Å². The van der Waals surface area contributed by atoms with Gasteiger partial charge in [-0.25, -0.2) is 9.37 Å². The number of benzene rings is 1. The van der Waals surface area contributed by atoms with Crippen LogP contribution in [0.3, 0.4) is 0 Å². The van der Waals surface area contributed by atoms with Crippen molar-refractivity contribution >= 4 is 12.7 Å². The Morgan fingerprint density at radius 2 is 1.77 bits per heavy atom. The summed E-state index contributed by atoms with van der Waals surface area (Å²) in [7, 11) is -1.19. The van der Waals surface area contributed by atoms with Crippen LogP contribution in [0, 0.1) is 12.7 Å². The van der Waals surface area contributed by atoms with Gasteiger partial charge >= 0.3 is 7.12 Å². The molecule has 0 N–H and O–H groups in total. The average molecular weight is 310 g/mol. The van der Waals surface area contributed by atoms with E-state index in [1.165, 1.54) is 0 Å². The smallest absolute Gasteiger partial charge is 0.398 e. The van der Waals surface area contributed by atoms with Gasteiger partial charge in [0, 0.05) is 16.0 Å². The van der Waals surface area contributed by atoms with E-state index in [1.54, 1.807) is 27.7 Å². The molecule has 0 spiro atoms. The van der Waals surface area contributed by atoms with E-state index in [1.807, 2.05) is 0 Å². The van der Waals surface area contributed by atoms with E-state index in [2.05, 4.69) is 4.98 Å². The Morgan fingerprint density at radius 3 is 2.32 bits per heavy atom. The fraction of sp³-hybridized carbons (Fsp3) is 0.438. The second kappa shape index (κ2) is 4.93. The minimum Gasteiger partial charge on any atom is -0.398 e. The van der Waals surface area contributed by atoms with Crippen molar-refractivity contribution in [2.75, 3.05) is 0 Å². The molecule has 0 bridgehead atoms. The zero-order chi connectivity index (χ0) is 23.0. The summed E-state index contributed by atoms with van der Waals surface area (Å²) < 4.78 is 89.7. The summed E-state index contributed by atoms with van der Waals surface area (Å²) >= 11 is 0. The van der Waals surface area contributed by atoms with Crippen LogP contribution >= 0.6 is 0 Å². The second-order valence-electron chi connectivity index (χ2n) is 6.02. The lowest BCUT2D eigenvalue weighted by molar-refractivity contribution is 0.00578. The largest absolute Gasteiger partial charge is 0.516 e. The highest BCUT2D eigenvalue weighted by Crippen LogP contribution is 2.36. The van der Waals surface area contributed by atoms with Gasteiger partial charge in [-0.05, 0) is 58.7 Å². The summed E-state index contributed by atoms with van der Waals surface area (Å²) in [6.07, 6.45) is -0.549. The Labute approximate surface area is 141 Å². The lowest BCUT2D eigenvalue weighted by Crippen LogP contribution is -2.41. The molecule has 6 heteroatoms. The summed E-state index contributed by atoms with van der Waals surface area (Å²) in [4.78, 5) is 4.01. The Bertz CT molecular complexity index is 992. The third-order valence-electron chi connectivity index (χ3n) is 3.95. The molecule has 3 rings (SSSR count). The SMILES string of the molecule is [2H]c1c([2H])c(-n2c(C([2H])([2H])[2H])nc(B3OC(C)(C)C(C)(C)O3)c2[2H])c([2H])c([2H])c1F. The van der Waals surface area contributed by atoms with Gasteiger partial charge in [-0.1, -0.05) is 0 Å². The van der Waals surface area contributed by atoms with E-state index in [9.17, 15) is 4.39 Å². The zero-order valence-corrected chi connectivity index (χ0v) is 12.7. The van der Waals surface area contributed by atoms with E-state index < -0.39 is 72.8 Å². The normalized spacial score (nSPS) is 25.4. The minimum absolute atomic E-state index is 0.194. The maximum Gasteiger partial charge on any atom is 0.516 e. The first kappa shape index (κ1) is 8.27. The number of imidazole rings is 1. The quantitative estimate of drug-likeness (QED) is 0.800. The molecule has 1 fully saturated rings. The molecule has 0 saturated carbocycles. The topological polar surface area (TPSA) is 36.3 Å². The molecule has 0 radical (unpaired) electrons. The average Bonchev–Trinajstić information content (AvgIpc) is 3.05. The summed E-state index contributed by atoms with van der Waals surface area (Å²) in [5.41, 5.74) is -2.37. The molecule has 1 aliphatic rings. The highest BCUT2D eigenvalue weighted by Gasteiger charge is 2.52. The van der Waals surface area contributed by atoms with Crippen molar-refractivity contribution in [3.05, 3.63) is 42.0 Å². The first-order valence-electron chi connectivity index (χ1n) is 10.7. The van der Waals surface area contributed by atoms with Gasteiger partial charge in [-0.3, -0.25) is 0 Å². The molecule has 2 heterocycles. The van der Waals surface area contributed by atoms with Gasteiger partial charge in [0.25, 0.3) is 0 Å². The maximum atomic E-state index is 14.0. The van der Waals surface area contributed by atoms with Gasteiger partial charge in [0.05, 0.1) is 23.6 Å². The number of aryl methyl sites for hydroxylation is 1. The lowest BCUT2D eigenvalue weighted by atomic mass is 9.86. The molecule has 0 atom stereocenters. The molecule has 0 aliphatic carbocycles. The molecule has 2 aromatic rings. The molecular weight excluding hydrogens is 282 g/mol. The van der Waals surface area contributed by atoms with E-state index >= 15 is 0 Å². The number of halogens is 1. The van der Waals surface area contributed by atoms with Crippen LogP contribution in [0.25, 0.3) is 5.69 Å². The van der Waals surface area contributed by atoms with Crippen molar-refractivity contribution in [1.82, 2.24) is 9.55 Å². The van der Waals surface area contributed by atoms with Gasteiger partial charge in [-0.2, -0.15) is 0 Å². The second-order valence-corrected chi connectivity index (χ2v) is 6.02. The van der Waals surface area contributed by atoms with Crippen molar-refractivity contribution < 1.29 is 24.7 Å².